The molecule has 126 valence electrons. The normalized spacial score (nSPS) is 12.1. The molecule has 0 radical (unpaired) electrons. The molecule has 0 spiro atoms. The SMILES string of the molecule is C/C(=N/OC(=O)CCC(=O)O/N=C(\C)c1cccs1)c1cccs1. The highest BCUT2D eigenvalue weighted by Crippen LogP contribution is 2.11. The molecule has 0 fully saturated rings. The number of hydrogen-bond donors (Lipinski definition) is 0. The van der Waals surface area contributed by atoms with Crippen LogP contribution in [0, 0.1) is 0 Å². The first-order valence-electron chi connectivity index (χ1n) is 7.13. The molecule has 0 aliphatic heterocycles. The van der Waals surface area contributed by atoms with Crippen molar-refractivity contribution in [2.45, 2.75) is 26.7 Å². The lowest BCUT2D eigenvalue weighted by Crippen LogP contribution is -2.08. The van der Waals surface area contributed by atoms with Crippen LogP contribution in [-0.2, 0) is 19.3 Å². The molecule has 2 heterocycles. The molecule has 0 N–H and O–H groups in total. The molecule has 8 heteroatoms. The van der Waals surface area contributed by atoms with E-state index in [1.54, 1.807) is 13.8 Å². The van der Waals surface area contributed by atoms with Gasteiger partial charge in [0.2, 0.25) is 0 Å². The maximum atomic E-state index is 11.6. The molecule has 6 nitrogen and oxygen atoms in total. The van der Waals surface area contributed by atoms with Gasteiger partial charge in [0.15, 0.2) is 0 Å². The van der Waals surface area contributed by atoms with Crippen molar-refractivity contribution in [3.8, 4) is 0 Å². The van der Waals surface area contributed by atoms with Gasteiger partial charge >= 0.3 is 11.9 Å². The molecular weight excluding hydrogens is 348 g/mol. The zero-order valence-corrected chi connectivity index (χ0v) is 14.9. The Hall–Kier alpha value is -2.32. The smallest absolute Gasteiger partial charge is 0.318 e. The Kier molecular flexibility index (Phi) is 6.83. The minimum Gasteiger partial charge on any atom is -0.318 e. The summed E-state index contributed by atoms with van der Waals surface area (Å²) < 4.78 is 0. The number of thiophene rings is 2. The lowest BCUT2D eigenvalue weighted by molar-refractivity contribution is -0.150. The van der Waals surface area contributed by atoms with Crippen molar-refractivity contribution in [1.29, 1.82) is 0 Å². The highest BCUT2D eigenvalue weighted by molar-refractivity contribution is 7.12. The zero-order valence-electron chi connectivity index (χ0n) is 13.2. The Morgan fingerprint density at radius 3 is 1.62 bits per heavy atom. The van der Waals surface area contributed by atoms with E-state index < -0.39 is 11.9 Å². The third-order valence-electron chi connectivity index (χ3n) is 2.86. The van der Waals surface area contributed by atoms with E-state index in [2.05, 4.69) is 10.3 Å². The molecule has 0 aromatic carbocycles. The van der Waals surface area contributed by atoms with Gasteiger partial charge in [0.1, 0.15) is 0 Å². The van der Waals surface area contributed by atoms with Crippen LogP contribution in [0.5, 0.6) is 0 Å². The Morgan fingerprint density at radius 2 is 1.29 bits per heavy atom. The number of hydrogen-bond acceptors (Lipinski definition) is 8. The van der Waals surface area contributed by atoms with E-state index in [9.17, 15) is 9.59 Å². The van der Waals surface area contributed by atoms with E-state index in [0.29, 0.717) is 11.4 Å². The van der Waals surface area contributed by atoms with Crippen LogP contribution < -0.4 is 0 Å². The van der Waals surface area contributed by atoms with Crippen LogP contribution >= 0.6 is 22.7 Å². The maximum absolute atomic E-state index is 11.6. The highest BCUT2D eigenvalue weighted by atomic mass is 32.1. The molecule has 24 heavy (non-hydrogen) atoms. The van der Waals surface area contributed by atoms with Crippen molar-refractivity contribution in [3.05, 3.63) is 44.8 Å². The van der Waals surface area contributed by atoms with Crippen LogP contribution in [-0.4, -0.2) is 23.4 Å². The van der Waals surface area contributed by atoms with Gasteiger partial charge in [0, 0.05) is 0 Å². The number of carbonyl (C=O) groups excluding carboxylic acids is 2. The largest absolute Gasteiger partial charge is 0.335 e. The summed E-state index contributed by atoms with van der Waals surface area (Å²) in [5.41, 5.74) is 1.22. The van der Waals surface area contributed by atoms with Crippen LogP contribution in [0.2, 0.25) is 0 Å². The van der Waals surface area contributed by atoms with Gasteiger partial charge in [-0.05, 0) is 36.7 Å². The van der Waals surface area contributed by atoms with E-state index in [1.807, 2.05) is 35.0 Å². The molecule has 0 amide bonds. The topological polar surface area (TPSA) is 77.3 Å². The van der Waals surface area contributed by atoms with E-state index in [1.165, 1.54) is 22.7 Å². The van der Waals surface area contributed by atoms with Gasteiger partial charge in [-0.25, -0.2) is 9.59 Å². The Balaban J connectivity index is 1.72. The third kappa shape index (κ3) is 5.71. The summed E-state index contributed by atoms with van der Waals surface area (Å²) in [5.74, 6) is -1.19. The van der Waals surface area contributed by atoms with Crippen molar-refractivity contribution >= 4 is 46.0 Å². The van der Waals surface area contributed by atoms with E-state index in [0.717, 1.165) is 9.75 Å². The van der Waals surface area contributed by atoms with Crippen molar-refractivity contribution in [3.63, 3.8) is 0 Å². The number of nitrogens with zero attached hydrogens (tertiary/aromatic N) is 2. The second-order valence-electron chi connectivity index (χ2n) is 4.73. The third-order valence-corrected chi connectivity index (χ3v) is 4.81. The molecule has 0 aliphatic carbocycles. The second kappa shape index (κ2) is 9.09. The fourth-order valence-corrected chi connectivity index (χ4v) is 2.93. The molecule has 0 saturated carbocycles. The van der Waals surface area contributed by atoms with Gasteiger partial charge in [0.25, 0.3) is 0 Å². The summed E-state index contributed by atoms with van der Waals surface area (Å²) in [5, 5.41) is 11.3. The van der Waals surface area contributed by atoms with E-state index in [4.69, 9.17) is 9.68 Å². The average Bonchev–Trinajstić information content (AvgIpc) is 3.28. The quantitative estimate of drug-likeness (QED) is 0.425. The van der Waals surface area contributed by atoms with Crippen LogP contribution in [0.3, 0.4) is 0 Å². The lowest BCUT2D eigenvalue weighted by atomic mass is 10.3. The van der Waals surface area contributed by atoms with E-state index >= 15 is 0 Å². The predicted molar refractivity (Wildman–Crippen MR) is 94.5 cm³/mol. The van der Waals surface area contributed by atoms with Gasteiger partial charge < -0.3 is 9.68 Å². The zero-order chi connectivity index (χ0) is 17.4. The first-order valence-corrected chi connectivity index (χ1v) is 8.89. The molecule has 2 aromatic rings. The molecule has 2 aromatic heterocycles. The molecule has 0 aliphatic rings. The van der Waals surface area contributed by atoms with Crippen molar-refractivity contribution in [2.24, 2.45) is 10.3 Å². The predicted octanol–water partition coefficient (Wildman–Crippen LogP) is 3.82. The minimum absolute atomic E-state index is 0.117. The summed E-state index contributed by atoms with van der Waals surface area (Å²) in [4.78, 5) is 34.5. The van der Waals surface area contributed by atoms with Crippen molar-refractivity contribution in [2.75, 3.05) is 0 Å². The monoisotopic (exact) mass is 364 g/mol. The van der Waals surface area contributed by atoms with Crippen LogP contribution in [0.25, 0.3) is 0 Å². The number of rotatable bonds is 7. The minimum atomic E-state index is -0.596. The molecule has 0 unspecified atom stereocenters. The summed E-state index contributed by atoms with van der Waals surface area (Å²) in [7, 11) is 0. The first-order chi connectivity index (χ1) is 11.6. The Bertz CT molecular complexity index is 670. The molecule has 2 rings (SSSR count). The average molecular weight is 364 g/mol. The highest BCUT2D eigenvalue weighted by Gasteiger charge is 2.10. The summed E-state index contributed by atoms with van der Waals surface area (Å²) >= 11 is 3.00. The van der Waals surface area contributed by atoms with E-state index in [-0.39, 0.29) is 12.8 Å². The van der Waals surface area contributed by atoms with Gasteiger partial charge in [-0.2, -0.15) is 0 Å². The number of carbonyl (C=O) groups is 2. The summed E-state index contributed by atoms with van der Waals surface area (Å²) in [6.45, 7) is 3.49. The van der Waals surface area contributed by atoms with Crippen LogP contribution in [0.1, 0.15) is 36.4 Å². The van der Waals surface area contributed by atoms with Crippen molar-refractivity contribution in [1.82, 2.24) is 0 Å². The van der Waals surface area contributed by atoms with Gasteiger partial charge in [0.05, 0.1) is 34.0 Å². The Morgan fingerprint density at radius 1 is 0.875 bits per heavy atom. The number of oxime groups is 2. The van der Waals surface area contributed by atoms with Gasteiger partial charge in [-0.15, -0.1) is 22.7 Å². The fourth-order valence-electron chi connectivity index (χ4n) is 1.59. The molecule has 0 bridgehead atoms. The van der Waals surface area contributed by atoms with Gasteiger partial charge in [-0.1, -0.05) is 22.4 Å². The molecule has 0 saturated heterocycles. The standard InChI is InChI=1S/C16H16N2O4S2/c1-11(13-5-3-9-23-13)17-21-15(19)7-8-16(20)22-18-12(2)14-6-4-10-24-14/h3-6,9-10H,7-8H2,1-2H3/b17-11-,18-12+. The van der Waals surface area contributed by atoms with Gasteiger partial charge in [-0.3, -0.25) is 0 Å². The maximum Gasteiger partial charge on any atom is 0.335 e. The fraction of sp³-hybridized carbons (Fsp3) is 0.250. The lowest BCUT2D eigenvalue weighted by Gasteiger charge is -2.00. The van der Waals surface area contributed by atoms with Crippen LogP contribution in [0.15, 0.2) is 45.3 Å². The summed E-state index contributed by atoms with van der Waals surface area (Å²) in [6, 6.07) is 7.52. The Labute approximate surface area is 147 Å². The first kappa shape index (κ1) is 18.0. The summed E-state index contributed by atoms with van der Waals surface area (Å²) in [6.07, 6.45) is -0.235. The molecular formula is C16H16N2O4S2. The van der Waals surface area contributed by atoms with Crippen LogP contribution in [0.4, 0.5) is 0 Å². The molecule has 0 atom stereocenters. The second-order valence-corrected chi connectivity index (χ2v) is 6.63. The van der Waals surface area contributed by atoms with Crippen molar-refractivity contribution < 1.29 is 19.3 Å².